The first kappa shape index (κ1) is 8.01. The van der Waals surface area contributed by atoms with Gasteiger partial charge in [-0.25, -0.2) is 0 Å². The van der Waals surface area contributed by atoms with Crippen molar-refractivity contribution in [1.29, 1.82) is 0 Å². The van der Waals surface area contributed by atoms with Crippen molar-refractivity contribution in [2.45, 2.75) is 38.0 Å². The Labute approximate surface area is 61.5 Å². The lowest BCUT2D eigenvalue weighted by Gasteiger charge is -2.32. The maximum absolute atomic E-state index is 10.7. The first-order valence-corrected chi connectivity index (χ1v) is 4.97. The van der Waals surface area contributed by atoms with Crippen molar-refractivity contribution < 1.29 is 12.6 Å². The van der Waals surface area contributed by atoms with Gasteiger partial charge in [0.05, 0.1) is 6.10 Å². The molecule has 4 heteroatoms. The summed E-state index contributed by atoms with van der Waals surface area (Å²) < 4.78 is 26.0. The molecule has 1 saturated heterocycles. The molecule has 0 aliphatic carbocycles. The Kier molecular flexibility index (Phi) is 2.01. The largest absolute Gasteiger partial charge is 0.272 e. The van der Waals surface area contributed by atoms with Crippen molar-refractivity contribution in [3.8, 4) is 0 Å². The predicted octanol–water partition coefficient (Wildman–Crippen LogP) is 0.904. The van der Waals surface area contributed by atoms with Crippen molar-refractivity contribution in [1.82, 2.24) is 0 Å². The molecule has 0 bridgehead atoms. The van der Waals surface area contributed by atoms with Gasteiger partial charge in [-0.15, -0.1) is 0 Å². The monoisotopic (exact) mass is 164 g/mol. The molecule has 1 aliphatic heterocycles. The van der Waals surface area contributed by atoms with Gasteiger partial charge in [-0.05, 0) is 13.3 Å². The average molecular weight is 164 g/mol. The minimum absolute atomic E-state index is 0.0463. The fourth-order valence-corrected chi connectivity index (χ4v) is 2.21. The van der Waals surface area contributed by atoms with E-state index >= 15 is 0 Å². The standard InChI is InChI=1S/C6H12O3S/c1-3-4-6-5(2)10(7,8)9-6/h5-6H,3-4H2,1-2H3/t5-,6+/m1/s1. The Morgan fingerprint density at radius 3 is 2.40 bits per heavy atom. The summed E-state index contributed by atoms with van der Waals surface area (Å²) >= 11 is 0. The molecule has 3 nitrogen and oxygen atoms in total. The van der Waals surface area contributed by atoms with Gasteiger partial charge in [-0.3, -0.25) is 4.18 Å². The molecule has 1 rings (SSSR count). The van der Waals surface area contributed by atoms with Crippen molar-refractivity contribution in [3.05, 3.63) is 0 Å². The highest BCUT2D eigenvalue weighted by Gasteiger charge is 2.43. The van der Waals surface area contributed by atoms with Crippen LogP contribution in [0.3, 0.4) is 0 Å². The van der Waals surface area contributed by atoms with Crippen molar-refractivity contribution in [2.75, 3.05) is 0 Å². The molecule has 0 aromatic heterocycles. The predicted molar refractivity (Wildman–Crippen MR) is 38.2 cm³/mol. The molecular formula is C6H12O3S. The molecule has 10 heavy (non-hydrogen) atoms. The molecule has 0 unspecified atom stereocenters. The third-order valence-electron chi connectivity index (χ3n) is 1.81. The van der Waals surface area contributed by atoms with Crippen LogP contribution in [0.2, 0.25) is 0 Å². The molecule has 1 aliphatic rings. The first-order valence-electron chi connectivity index (χ1n) is 3.50. The van der Waals surface area contributed by atoms with E-state index in [4.69, 9.17) is 0 Å². The number of hydrogen-bond donors (Lipinski definition) is 0. The quantitative estimate of drug-likeness (QED) is 0.569. The van der Waals surface area contributed by atoms with E-state index in [1.807, 2.05) is 6.92 Å². The summed E-state index contributed by atoms with van der Waals surface area (Å²) in [6.45, 7) is 3.71. The van der Waals surface area contributed by atoms with Crippen LogP contribution in [-0.4, -0.2) is 19.8 Å². The molecule has 0 amide bonds. The molecule has 0 N–H and O–H groups in total. The van der Waals surface area contributed by atoms with Gasteiger partial charge in [-0.2, -0.15) is 8.42 Å². The van der Waals surface area contributed by atoms with E-state index in [2.05, 4.69) is 4.18 Å². The summed E-state index contributed by atoms with van der Waals surface area (Å²) in [4.78, 5) is 0. The van der Waals surface area contributed by atoms with Gasteiger partial charge in [0.2, 0.25) is 0 Å². The first-order chi connectivity index (χ1) is 4.58. The van der Waals surface area contributed by atoms with Crippen molar-refractivity contribution in [3.63, 3.8) is 0 Å². The van der Waals surface area contributed by atoms with Crippen LogP contribution in [0, 0.1) is 0 Å². The SMILES string of the molecule is CCC[C@@H]1OS(=O)(=O)[C@@H]1C. The molecule has 0 spiro atoms. The lowest BCUT2D eigenvalue weighted by atomic mass is 10.1. The van der Waals surface area contributed by atoms with Crippen molar-refractivity contribution in [2.24, 2.45) is 0 Å². The van der Waals surface area contributed by atoms with Gasteiger partial charge in [0.25, 0.3) is 10.1 Å². The molecule has 0 aromatic rings. The molecule has 60 valence electrons. The van der Waals surface area contributed by atoms with Gasteiger partial charge in [-0.1, -0.05) is 13.3 Å². The summed E-state index contributed by atoms with van der Waals surface area (Å²) in [5.74, 6) is 0. The van der Waals surface area contributed by atoms with Crippen LogP contribution in [0.25, 0.3) is 0 Å². The van der Waals surface area contributed by atoms with Crippen LogP contribution in [0.4, 0.5) is 0 Å². The topological polar surface area (TPSA) is 43.4 Å². The summed E-state index contributed by atoms with van der Waals surface area (Å²) in [6, 6.07) is 0. The normalized spacial score (nSPS) is 37.0. The highest BCUT2D eigenvalue weighted by atomic mass is 32.2. The molecule has 0 saturated carbocycles. The average Bonchev–Trinajstić information content (AvgIpc) is 1.87. The molecule has 1 heterocycles. The lowest BCUT2D eigenvalue weighted by Crippen LogP contribution is -2.47. The van der Waals surface area contributed by atoms with E-state index in [0.717, 1.165) is 12.8 Å². The van der Waals surface area contributed by atoms with Gasteiger partial charge >= 0.3 is 0 Å². The second-order valence-electron chi connectivity index (χ2n) is 2.62. The van der Waals surface area contributed by atoms with E-state index in [0.29, 0.717) is 0 Å². The number of rotatable bonds is 2. The highest BCUT2D eigenvalue weighted by molar-refractivity contribution is 7.88. The summed E-state index contributed by atoms with van der Waals surface area (Å²) in [5, 5.41) is -0.285. The Balaban J connectivity index is 2.47. The van der Waals surface area contributed by atoms with Crippen LogP contribution in [0.1, 0.15) is 26.7 Å². The van der Waals surface area contributed by atoms with E-state index in [1.54, 1.807) is 6.92 Å². The summed E-state index contributed by atoms with van der Waals surface area (Å²) in [6.07, 6.45) is 1.78. The second-order valence-corrected chi connectivity index (χ2v) is 4.54. The summed E-state index contributed by atoms with van der Waals surface area (Å²) in [7, 11) is -3.13. The van der Waals surface area contributed by atoms with E-state index in [9.17, 15) is 8.42 Å². The molecule has 0 aromatic carbocycles. The Hall–Kier alpha value is -0.0900. The fraction of sp³-hybridized carbons (Fsp3) is 1.00. The van der Waals surface area contributed by atoms with Gasteiger partial charge in [0.1, 0.15) is 5.25 Å². The Bertz CT molecular complexity index is 207. The third kappa shape index (κ3) is 1.18. The van der Waals surface area contributed by atoms with Crippen LogP contribution < -0.4 is 0 Å². The van der Waals surface area contributed by atoms with Crippen LogP contribution in [0.5, 0.6) is 0 Å². The van der Waals surface area contributed by atoms with Gasteiger partial charge in [0, 0.05) is 0 Å². The van der Waals surface area contributed by atoms with E-state index in [-0.39, 0.29) is 11.4 Å². The van der Waals surface area contributed by atoms with Crippen LogP contribution >= 0.6 is 0 Å². The van der Waals surface area contributed by atoms with E-state index < -0.39 is 10.1 Å². The number of hydrogen-bond acceptors (Lipinski definition) is 3. The van der Waals surface area contributed by atoms with Crippen molar-refractivity contribution >= 4 is 10.1 Å². The minimum Gasteiger partial charge on any atom is -0.265 e. The second kappa shape index (κ2) is 2.51. The Morgan fingerprint density at radius 1 is 1.50 bits per heavy atom. The molecule has 2 atom stereocenters. The lowest BCUT2D eigenvalue weighted by molar-refractivity contribution is 0.135. The van der Waals surface area contributed by atoms with E-state index in [1.165, 1.54) is 0 Å². The minimum atomic E-state index is -3.13. The fourth-order valence-electron chi connectivity index (χ4n) is 1.04. The molecule has 0 radical (unpaired) electrons. The summed E-state index contributed by atoms with van der Waals surface area (Å²) in [5.41, 5.74) is 0. The van der Waals surface area contributed by atoms with Crippen LogP contribution in [-0.2, 0) is 14.3 Å². The highest BCUT2D eigenvalue weighted by Crippen LogP contribution is 2.27. The zero-order valence-corrected chi connectivity index (χ0v) is 7.02. The molecule has 1 fully saturated rings. The maximum atomic E-state index is 10.7. The maximum Gasteiger partial charge on any atom is 0.272 e. The molecular weight excluding hydrogens is 152 g/mol. The van der Waals surface area contributed by atoms with Gasteiger partial charge in [0.15, 0.2) is 0 Å². The zero-order chi connectivity index (χ0) is 7.78. The Morgan fingerprint density at radius 2 is 2.10 bits per heavy atom. The zero-order valence-electron chi connectivity index (χ0n) is 6.20. The smallest absolute Gasteiger partial charge is 0.265 e. The third-order valence-corrected chi connectivity index (χ3v) is 3.54. The van der Waals surface area contributed by atoms with Gasteiger partial charge < -0.3 is 0 Å². The van der Waals surface area contributed by atoms with Crippen LogP contribution in [0.15, 0.2) is 0 Å².